The molecule has 6 nitrogen and oxygen atoms in total. The molecule has 0 aliphatic rings. The maximum Gasteiger partial charge on any atom is 0.260 e. The molecule has 7 heteroatoms. The second-order valence-corrected chi connectivity index (χ2v) is 2.72. The molecule has 0 aromatic carbocycles. The van der Waals surface area contributed by atoms with E-state index < -0.39 is 11.3 Å². The monoisotopic (exact) mass is 189 g/mol. The number of carbonyl (C=O) groups excluding carboxylic acids is 1. The predicted molar refractivity (Wildman–Crippen MR) is 42.9 cm³/mol. The minimum atomic E-state index is -2.15. The molecule has 0 saturated carbocycles. The summed E-state index contributed by atoms with van der Waals surface area (Å²) in [6, 6.07) is 1.43. The summed E-state index contributed by atoms with van der Waals surface area (Å²) in [4.78, 5) is 10.7. The summed E-state index contributed by atoms with van der Waals surface area (Å²) in [5, 5.41) is 3.65. The van der Waals surface area contributed by atoms with Crippen molar-refractivity contribution in [1.82, 2.24) is 9.78 Å². The minimum absolute atomic E-state index is 0.186. The molecule has 0 amide bonds. The van der Waals surface area contributed by atoms with Crippen LogP contribution in [0.2, 0.25) is 0 Å². The Labute approximate surface area is 71.0 Å². The van der Waals surface area contributed by atoms with Crippen LogP contribution in [0.1, 0.15) is 11.7 Å². The summed E-state index contributed by atoms with van der Waals surface area (Å²) in [6.45, 7) is 1.34. The van der Waals surface area contributed by atoms with Gasteiger partial charge < -0.3 is 0 Å². The van der Waals surface area contributed by atoms with Crippen LogP contribution in [0.3, 0.4) is 0 Å². The van der Waals surface area contributed by atoms with Gasteiger partial charge in [0.05, 0.1) is 0 Å². The van der Waals surface area contributed by atoms with E-state index in [9.17, 15) is 9.00 Å². The first-order valence-electron chi connectivity index (χ1n) is 3.03. The topological polar surface area (TPSA) is 84.2 Å². The minimum Gasteiger partial charge on any atom is -0.289 e. The van der Waals surface area contributed by atoms with E-state index in [1.165, 1.54) is 19.2 Å². The Morgan fingerprint density at radius 2 is 2.50 bits per heavy atom. The van der Waals surface area contributed by atoms with Gasteiger partial charge in [0.25, 0.3) is 11.3 Å². The first kappa shape index (κ1) is 8.88. The molecule has 1 rings (SSSR count). The first-order chi connectivity index (χ1) is 5.59. The van der Waals surface area contributed by atoms with Crippen LogP contribution in [0.25, 0.3) is 0 Å². The van der Waals surface area contributed by atoms with Crippen molar-refractivity contribution in [2.24, 2.45) is 0 Å². The van der Waals surface area contributed by atoms with Gasteiger partial charge in [0.15, 0.2) is 5.82 Å². The van der Waals surface area contributed by atoms with Gasteiger partial charge in [0.2, 0.25) is 5.91 Å². The van der Waals surface area contributed by atoms with Crippen LogP contribution >= 0.6 is 0 Å². The van der Waals surface area contributed by atoms with Crippen molar-refractivity contribution in [2.45, 2.75) is 6.92 Å². The van der Waals surface area contributed by atoms with E-state index in [0.717, 1.165) is 4.68 Å². The third-order valence-electron chi connectivity index (χ3n) is 1.10. The van der Waals surface area contributed by atoms with Crippen LogP contribution < -0.4 is 4.72 Å². The Morgan fingerprint density at radius 3 is 2.92 bits per heavy atom. The van der Waals surface area contributed by atoms with Crippen LogP contribution in [0.15, 0.2) is 12.3 Å². The molecular formula is C5H7N3O3S. The summed E-state index contributed by atoms with van der Waals surface area (Å²) in [5.41, 5.74) is 0. The maximum atomic E-state index is 10.7. The molecule has 12 heavy (non-hydrogen) atoms. The van der Waals surface area contributed by atoms with Gasteiger partial charge in [0.1, 0.15) is 0 Å². The number of aromatic nitrogens is 2. The number of carbonyl (C=O) groups is 1. The molecular weight excluding hydrogens is 182 g/mol. The van der Waals surface area contributed by atoms with Gasteiger partial charge >= 0.3 is 0 Å². The Morgan fingerprint density at radius 1 is 1.83 bits per heavy atom. The first-order valence-corrected chi connectivity index (χ1v) is 4.14. The summed E-state index contributed by atoms with van der Waals surface area (Å²) < 4.78 is 21.8. The number of nitrogens with one attached hydrogen (secondary N) is 1. The summed E-state index contributed by atoms with van der Waals surface area (Å²) >= 11 is -2.15. The molecule has 1 aromatic heterocycles. The van der Waals surface area contributed by atoms with Crippen molar-refractivity contribution in [3.05, 3.63) is 12.3 Å². The van der Waals surface area contributed by atoms with Crippen molar-refractivity contribution in [3.8, 4) is 0 Å². The van der Waals surface area contributed by atoms with Crippen molar-refractivity contribution < 1.29 is 13.6 Å². The van der Waals surface area contributed by atoms with Gasteiger partial charge in [-0.3, -0.25) is 14.1 Å². The van der Waals surface area contributed by atoms with Gasteiger partial charge in [-0.1, -0.05) is 0 Å². The van der Waals surface area contributed by atoms with Crippen LogP contribution in [-0.4, -0.2) is 24.4 Å². The fourth-order valence-corrected chi connectivity index (χ4v) is 0.931. The summed E-state index contributed by atoms with van der Waals surface area (Å²) in [6.07, 6.45) is 1.40. The molecule has 0 saturated heterocycles. The number of nitrogens with zero attached hydrogens (tertiary/aromatic N) is 2. The van der Waals surface area contributed by atoms with E-state index >= 15 is 0 Å². The molecule has 1 unspecified atom stereocenters. The second kappa shape index (κ2) is 3.46. The molecule has 66 valence electrons. The molecule has 0 aliphatic carbocycles. The lowest BCUT2D eigenvalue weighted by Gasteiger charge is -1.93. The molecule has 0 aliphatic heterocycles. The number of anilines is 1. The lowest BCUT2D eigenvalue weighted by Crippen LogP contribution is -2.08. The number of hydrogen-bond donors (Lipinski definition) is 2. The highest BCUT2D eigenvalue weighted by Gasteiger charge is 2.02. The van der Waals surface area contributed by atoms with Crippen molar-refractivity contribution in [3.63, 3.8) is 0 Å². The highest BCUT2D eigenvalue weighted by molar-refractivity contribution is 7.80. The normalized spacial score (nSPS) is 12.5. The SMILES string of the molecule is CC(=O)n1ccc(NS(=O)O)n1. The van der Waals surface area contributed by atoms with E-state index in [1.54, 1.807) is 0 Å². The Kier molecular flexibility index (Phi) is 2.56. The zero-order chi connectivity index (χ0) is 9.14. The predicted octanol–water partition coefficient (Wildman–Crippen LogP) is 0.0918. The van der Waals surface area contributed by atoms with Crippen molar-refractivity contribution in [1.29, 1.82) is 0 Å². The average molecular weight is 189 g/mol. The fourth-order valence-electron chi connectivity index (χ4n) is 0.643. The highest BCUT2D eigenvalue weighted by atomic mass is 32.2. The lowest BCUT2D eigenvalue weighted by molar-refractivity contribution is 0.0921. The third-order valence-corrected chi connectivity index (χ3v) is 1.49. The van der Waals surface area contributed by atoms with Gasteiger partial charge in [-0.15, -0.1) is 5.10 Å². The average Bonchev–Trinajstić information content (AvgIpc) is 2.34. The molecule has 0 radical (unpaired) electrons. The molecule has 0 fully saturated rings. The van der Waals surface area contributed by atoms with Crippen molar-refractivity contribution in [2.75, 3.05) is 4.72 Å². The van der Waals surface area contributed by atoms with E-state index in [1.807, 2.05) is 0 Å². The van der Waals surface area contributed by atoms with Gasteiger partial charge in [-0.2, -0.15) is 0 Å². The van der Waals surface area contributed by atoms with Crippen LogP contribution in [0.4, 0.5) is 5.82 Å². The standard InChI is InChI=1S/C5H7N3O3S/c1-4(9)8-3-2-5(6-8)7-12(10)11/h2-3H,1H3,(H,6,7)(H,10,11). The highest BCUT2D eigenvalue weighted by Crippen LogP contribution is 2.01. The number of hydrogen-bond acceptors (Lipinski definition) is 3. The second-order valence-electron chi connectivity index (χ2n) is 2.02. The van der Waals surface area contributed by atoms with Crippen LogP contribution in [0.5, 0.6) is 0 Å². The molecule has 0 spiro atoms. The molecule has 1 heterocycles. The van der Waals surface area contributed by atoms with E-state index in [0.29, 0.717) is 0 Å². The van der Waals surface area contributed by atoms with Crippen LogP contribution in [0, 0.1) is 0 Å². The largest absolute Gasteiger partial charge is 0.289 e. The van der Waals surface area contributed by atoms with Crippen LogP contribution in [-0.2, 0) is 11.3 Å². The van der Waals surface area contributed by atoms with E-state index in [2.05, 4.69) is 9.82 Å². The van der Waals surface area contributed by atoms with E-state index in [4.69, 9.17) is 4.55 Å². The van der Waals surface area contributed by atoms with Gasteiger partial charge in [-0.25, -0.2) is 8.89 Å². The quantitative estimate of drug-likeness (QED) is 0.646. The summed E-state index contributed by atoms with van der Waals surface area (Å²) in [5.74, 6) is -0.0715. The Balaban J connectivity index is 2.77. The fraction of sp³-hybridized carbons (Fsp3) is 0.200. The van der Waals surface area contributed by atoms with Gasteiger partial charge in [-0.05, 0) is 0 Å². The number of rotatable bonds is 2. The third kappa shape index (κ3) is 2.14. The lowest BCUT2D eigenvalue weighted by atomic mass is 10.6. The smallest absolute Gasteiger partial charge is 0.260 e. The maximum absolute atomic E-state index is 10.7. The zero-order valence-corrected chi connectivity index (χ0v) is 7.04. The molecule has 0 bridgehead atoms. The molecule has 2 N–H and O–H groups in total. The molecule has 1 aromatic rings. The van der Waals surface area contributed by atoms with Gasteiger partial charge in [0, 0.05) is 19.2 Å². The summed E-state index contributed by atoms with van der Waals surface area (Å²) in [7, 11) is 0. The Hall–Kier alpha value is -1.21. The van der Waals surface area contributed by atoms with Crippen molar-refractivity contribution >= 4 is 23.0 Å². The zero-order valence-electron chi connectivity index (χ0n) is 6.22. The Bertz CT molecular complexity index is 321. The molecule has 1 atom stereocenters. The van der Waals surface area contributed by atoms with E-state index in [-0.39, 0.29) is 11.7 Å².